The van der Waals surface area contributed by atoms with Gasteiger partial charge >= 0.3 is 30.6 Å². The van der Waals surface area contributed by atoms with E-state index in [0.29, 0.717) is 55.7 Å². The minimum absolute atomic E-state index is 0.0118. The number of carboxylic acids is 1. The highest BCUT2D eigenvalue weighted by Gasteiger charge is 2.42. The Morgan fingerprint density at radius 3 is 1.11 bits per heavy atom. The summed E-state index contributed by atoms with van der Waals surface area (Å²) in [4.78, 5) is 77.2. The molecule has 3 amide bonds. The number of alkyl carbamates (subject to hydrolysis) is 1. The number of hydrogen-bond acceptors (Lipinski definition) is 17. The molecule has 30 heteroatoms. The number of aromatic nitrogens is 6. The number of nitrogens with one attached hydrogen (secondary N) is 3. The molecular weight excluding hydrogens is 1260 g/mol. The minimum Gasteiger partial charge on any atom is -0.480 e. The van der Waals surface area contributed by atoms with E-state index in [0.717, 1.165) is 82.5 Å². The summed E-state index contributed by atoms with van der Waals surface area (Å²) in [6, 6.07) is 5.57. The van der Waals surface area contributed by atoms with Crippen molar-refractivity contribution < 1.29 is 68.5 Å². The van der Waals surface area contributed by atoms with Crippen molar-refractivity contribution >= 4 is 74.0 Å². The Balaban J connectivity index is 0.000000153. The molecule has 0 bridgehead atoms. The minimum atomic E-state index is -4.50. The van der Waals surface area contributed by atoms with Crippen LogP contribution in [0.1, 0.15) is 116 Å². The lowest BCUT2D eigenvalue weighted by Crippen LogP contribution is -2.54. The van der Waals surface area contributed by atoms with Crippen molar-refractivity contribution in [3.8, 4) is 0 Å². The van der Waals surface area contributed by atoms with Crippen molar-refractivity contribution in [2.75, 3.05) is 54.0 Å². The number of alkyl halides is 9. The number of carboxylic acid groups (broad SMARTS) is 1. The maximum Gasteiger partial charge on any atom is 0.418 e. The van der Waals surface area contributed by atoms with E-state index in [-0.39, 0.29) is 92.6 Å². The zero-order valence-corrected chi connectivity index (χ0v) is 53.6. The third kappa shape index (κ3) is 18.7. The highest BCUT2D eigenvalue weighted by Crippen LogP contribution is 2.42. The van der Waals surface area contributed by atoms with E-state index in [1.165, 1.54) is 55.4 Å². The van der Waals surface area contributed by atoms with Crippen LogP contribution < -0.4 is 47.9 Å². The van der Waals surface area contributed by atoms with E-state index >= 15 is 0 Å². The first-order valence-electron chi connectivity index (χ1n) is 31.9. The molecule has 3 aliphatic carbocycles. The number of aliphatic carboxylic acids is 1. The Bertz CT molecular complexity index is 3540. The second-order valence-corrected chi connectivity index (χ2v) is 27.1. The number of nitrogens with two attached hydrogens (primary N) is 3. The molecule has 3 saturated heterocycles. The van der Waals surface area contributed by atoms with Crippen LogP contribution in [0.4, 0.5) is 61.4 Å². The average Bonchev–Trinajstić information content (AvgIpc) is 1.75. The molecule has 12 rings (SSSR count). The Kier molecular flexibility index (Phi) is 21.9. The number of piperidine rings is 3. The van der Waals surface area contributed by atoms with Crippen LogP contribution in [0.15, 0.2) is 73.6 Å². The van der Waals surface area contributed by atoms with Gasteiger partial charge in [-0.3, -0.25) is 39.5 Å². The summed E-state index contributed by atoms with van der Waals surface area (Å²) in [6.07, 6.45) is 2.06. The van der Waals surface area contributed by atoms with Crippen molar-refractivity contribution in [1.82, 2.24) is 45.9 Å². The molecule has 10 N–H and O–H groups in total. The number of rotatable bonds is 12. The van der Waals surface area contributed by atoms with E-state index in [2.05, 4.69) is 66.6 Å². The van der Waals surface area contributed by atoms with Crippen molar-refractivity contribution in [1.29, 1.82) is 0 Å². The third-order valence-electron chi connectivity index (χ3n) is 17.4. The first kappa shape index (κ1) is 71.3. The van der Waals surface area contributed by atoms with E-state index in [1.54, 1.807) is 20.8 Å². The molecule has 6 aliphatic rings. The van der Waals surface area contributed by atoms with Gasteiger partial charge in [0.15, 0.2) is 0 Å². The molecule has 6 heterocycles. The first-order valence-corrected chi connectivity index (χ1v) is 31.9. The maximum absolute atomic E-state index is 13.4. The largest absolute Gasteiger partial charge is 0.480 e. The van der Waals surface area contributed by atoms with Crippen LogP contribution in [0.2, 0.25) is 0 Å². The van der Waals surface area contributed by atoms with Crippen LogP contribution in [0, 0.1) is 35.5 Å². The summed E-state index contributed by atoms with van der Waals surface area (Å²) < 4.78 is 125. The number of carbonyl (C=O) groups excluding carboxylic acids is 3. The van der Waals surface area contributed by atoms with Crippen molar-refractivity contribution in [2.45, 2.75) is 160 Å². The van der Waals surface area contributed by atoms with E-state index in [4.69, 9.17) is 27.0 Å². The van der Waals surface area contributed by atoms with Gasteiger partial charge in [-0.05, 0) is 150 Å². The van der Waals surface area contributed by atoms with Crippen molar-refractivity contribution in [2.24, 2.45) is 52.7 Å². The normalized spacial score (nSPS) is 22.7. The Morgan fingerprint density at radius 1 is 0.495 bits per heavy atom. The molecular formula is C65H82F9N15O6. The number of hydrogen-bond donors (Lipinski definition) is 7. The molecule has 3 aliphatic heterocycles. The summed E-state index contributed by atoms with van der Waals surface area (Å²) in [5.41, 5.74) is 17.2. The quantitative estimate of drug-likeness (QED) is 0.0561. The van der Waals surface area contributed by atoms with Gasteiger partial charge in [0.25, 0.3) is 0 Å². The number of nitrogens with zero attached hydrogens (tertiary/aromatic N) is 9. The molecule has 6 fully saturated rings. The van der Waals surface area contributed by atoms with Gasteiger partial charge in [0.05, 0.1) is 45.8 Å². The Labute approximate surface area is 543 Å². The fourth-order valence-electron chi connectivity index (χ4n) is 12.7. The van der Waals surface area contributed by atoms with Gasteiger partial charge in [-0.2, -0.15) is 39.5 Å². The Morgan fingerprint density at radius 2 is 0.811 bits per heavy atom. The fraction of sp³-hybridized carbons (Fsp3) is 0.569. The van der Waals surface area contributed by atoms with Gasteiger partial charge in [-0.1, -0.05) is 20.8 Å². The molecule has 3 aromatic heterocycles. The van der Waals surface area contributed by atoms with Crippen LogP contribution in [0.5, 0.6) is 0 Å². The highest BCUT2D eigenvalue weighted by atomic mass is 19.4. The summed E-state index contributed by atoms with van der Waals surface area (Å²) in [6.45, 7) is 15.1. The lowest BCUT2D eigenvalue weighted by atomic mass is 9.94. The molecule has 516 valence electrons. The van der Waals surface area contributed by atoms with Crippen molar-refractivity contribution in [3.05, 3.63) is 90.3 Å². The monoisotopic (exact) mass is 1340 g/mol. The third-order valence-corrected chi connectivity index (χ3v) is 17.4. The molecule has 3 unspecified atom stereocenters. The van der Waals surface area contributed by atoms with Crippen LogP contribution in [0.3, 0.4) is 0 Å². The molecule has 3 aromatic carbocycles. The summed E-state index contributed by atoms with van der Waals surface area (Å²) in [5, 5.41) is 17.3. The van der Waals surface area contributed by atoms with Gasteiger partial charge in [0.1, 0.15) is 44.7 Å². The number of anilines is 3. The highest BCUT2D eigenvalue weighted by molar-refractivity contribution is 5.93. The molecule has 95 heavy (non-hydrogen) atoms. The molecule has 6 aromatic rings. The molecule has 0 radical (unpaired) electrons. The second kappa shape index (κ2) is 29.2. The number of halogens is 9. The SMILES string of the molecule is CC(C)(C)OC(=O)NC(C(=O)O)C1CC1.C[C@H]1C[C@@H](N)CN(c2ccc(C(F)(F)F)c3nccnc23)C1.C[C@H]1C[C@@H](NC(=O)C(N)C2CC2)CN(c2ccc(C(F)(F)F)c3nccnc23)C1.C[C@H]1C[C@@H](NC(=O)C(N)C2CC2)CN(c2ccc(C(F)(F)F)c3nccnc23)C1. The lowest BCUT2D eigenvalue weighted by Gasteiger charge is -2.39. The van der Waals surface area contributed by atoms with E-state index in [9.17, 15) is 58.7 Å². The summed E-state index contributed by atoms with van der Waals surface area (Å²) >= 11 is 0. The summed E-state index contributed by atoms with van der Waals surface area (Å²) in [5.74, 6) is 0.186. The standard InChI is InChI=1S/2C20H24F3N5O.C15H17F3N4.C10H17NO4/c2*1-11-8-13(27-19(29)16(24)12-2-3-12)10-28(9-11)15-5-4-14(20(21,22)23)17-18(15)26-7-6-25-17;1-9-6-10(19)8-22(7-9)12-3-2-11(15(16,17)18)13-14(12)21-5-4-20-13;1-10(2,3)15-9(14)11-7(8(12)13)6-4-5-6/h2*4-7,11-13,16H,2-3,8-10,24H2,1H3,(H,27,29);2-5,9-10H,6-8,19H2,1H3;6-7H,4-5H2,1-3H3,(H,11,14)(H,12,13)/t2*11-,13+,16?;9-,10+;/m000./s1. The predicted molar refractivity (Wildman–Crippen MR) is 338 cm³/mol. The Hall–Kier alpha value is -7.99. The lowest BCUT2D eigenvalue weighted by molar-refractivity contribution is -0.140. The van der Waals surface area contributed by atoms with Gasteiger partial charge in [-0.25, -0.2) is 9.59 Å². The van der Waals surface area contributed by atoms with Gasteiger partial charge in [0.2, 0.25) is 11.8 Å². The van der Waals surface area contributed by atoms with E-state index in [1.807, 2.05) is 14.7 Å². The average molecular weight is 1340 g/mol. The predicted octanol–water partition coefficient (Wildman–Crippen LogP) is 9.63. The molecule has 9 atom stereocenters. The van der Waals surface area contributed by atoms with E-state index < -0.39 is 71.0 Å². The van der Waals surface area contributed by atoms with Gasteiger partial charge < -0.3 is 57.7 Å². The van der Waals surface area contributed by atoms with Crippen LogP contribution in [-0.4, -0.2) is 140 Å². The van der Waals surface area contributed by atoms with Crippen LogP contribution >= 0.6 is 0 Å². The molecule has 0 spiro atoms. The number of carbonyl (C=O) groups is 4. The van der Waals surface area contributed by atoms with Gasteiger partial charge in [-0.15, -0.1) is 0 Å². The smallest absolute Gasteiger partial charge is 0.418 e. The van der Waals surface area contributed by atoms with Crippen LogP contribution in [-0.2, 0) is 37.6 Å². The van der Waals surface area contributed by atoms with Gasteiger partial charge in [0, 0.05) is 94.6 Å². The zero-order chi connectivity index (χ0) is 69.1. The number of ether oxygens (including phenoxy) is 1. The second-order valence-electron chi connectivity index (χ2n) is 27.1. The van der Waals surface area contributed by atoms with Crippen LogP contribution in [0.25, 0.3) is 33.1 Å². The first-order chi connectivity index (χ1) is 44.6. The number of amides is 3. The summed E-state index contributed by atoms with van der Waals surface area (Å²) in [7, 11) is 0. The molecule has 21 nitrogen and oxygen atoms in total. The maximum atomic E-state index is 13.4. The molecule has 3 saturated carbocycles. The fourth-order valence-corrected chi connectivity index (χ4v) is 12.7. The zero-order valence-electron chi connectivity index (χ0n) is 53.6. The topological polar surface area (TPSA) is 299 Å². The number of benzene rings is 3. The number of fused-ring (bicyclic) bond motifs is 3. The van der Waals surface area contributed by atoms with Crippen molar-refractivity contribution in [3.63, 3.8) is 0 Å².